The summed E-state index contributed by atoms with van der Waals surface area (Å²) in [6.45, 7) is 5.30. The molecule has 0 bridgehead atoms. The molecule has 0 radical (unpaired) electrons. The van der Waals surface area contributed by atoms with Crippen molar-refractivity contribution in [2.24, 2.45) is 0 Å². The molecule has 1 N–H and O–H groups in total. The second kappa shape index (κ2) is 6.47. The summed E-state index contributed by atoms with van der Waals surface area (Å²) in [5, 5.41) is 3.48. The third kappa shape index (κ3) is 3.77. The minimum atomic E-state index is 0.591. The molecule has 2 nitrogen and oxygen atoms in total. The number of nitrogens with one attached hydrogen (secondary N) is 1. The Morgan fingerprint density at radius 3 is 2.30 bits per heavy atom. The largest absolute Gasteiger partial charge is 0.381 e. The van der Waals surface area contributed by atoms with Crippen LogP contribution in [0.3, 0.4) is 0 Å². The summed E-state index contributed by atoms with van der Waals surface area (Å²) in [6, 6.07) is 17.3. The van der Waals surface area contributed by atoms with Crippen molar-refractivity contribution in [3.05, 3.63) is 59.7 Å². The van der Waals surface area contributed by atoms with Gasteiger partial charge in [-0.2, -0.15) is 0 Å². The van der Waals surface area contributed by atoms with Crippen molar-refractivity contribution in [2.45, 2.75) is 26.3 Å². The van der Waals surface area contributed by atoms with Crippen molar-refractivity contribution in [3.63, 3.8) is 0 Å². The summed E-state index contributed by atoms with van der Waals surface area (Å²) >= 11 is 0. The topological polar surface area (TPSA) is 15.3 Å². The molecule has 0 aromatic heterocycles. The first-order chi connectivity index (χ1) is 9.56. The van der Waals surface area contributed by atoms with Gasteiger partial charge in [0.2, 0.25) is 0 Å². The molecule has 0 atom stereocenters. The van der Waals surface area contributed by atoms with Crippen LogP contribution in [0, 0.1) is 0 Å². The summed E-state index contributed by atoms with van der Waals surface area (Å²) in [6.07, 6.45) is 0. The smallest absolute Gasteiger partial charge is 0.0400 e. The van der Waals surface area contributed by atoms with E-state index < -0.39 is 0 Å². The fourth-order valence-corrected chi connectivity index (χ4v) is 2.12. The highest BCUT2D eigenvalue weighted by molar-refractivity contribution is 5.57. The van der Waals surface area contributed by atoms with Crippen LogP contribution in [-0.2, 0) is 6.54 Å². The molecule has 0 saturated carbocycles. The van der Waals surface area contributed by atoms with E-state index in [1.807, 2.05) is 0 Å². The van der Waals surface area contributed by atoms with E-state index in [0.717, 1.165) is 12.2 Å². The molecule has 0 saturated heterocycles. The SMILES string of the molecule is CC(C)c1ccc(CNc2cccc(N(C)C)c2)cc1. The summed E-state index contributed by atoms with van der Waals surface area (Å²) in [5.41, 5.74) is 5.07. The second-order valence-electron chi connectivity index (χ2n) is 5.69. The molecule has 2 heteroatoms. The lowest BCUT2D eigenvalue weighted by atomic mass is 10.0. The van der Waals surface area contributed by atoms with Gasteiger partial charge < -0.3 is 10.2 Å². The van der Waals surface area contributed by atoms with Gasteiger partial charge in [-0.05, 0) is 35.2 Å². The molecule has 0 unspecified atom stereocenters. The quantitative estimate of drug-likeness (QED) is 0.859. The van der Waals surface area contributed by atoms with E-state index in [1.54, 1.807) is 0 Å². The highest BCUT2D eigenvalue weighted by Gasteiger charge is 2.00. The summed E-state index contributed by atoms with van der Waals surface area (Å²) < 4.78 is 0. The van der Waals surface area contributed by atoms with Gasteiger partial charge in [0.25, 0.3) is 0 Å². The van der Waals surface area contributed by atoms with Crippen molar-refractivity contribution in [2.75, 3.05) is 24.3 Å². The molecule has 0 amide bonds. The Hall–Kier alpha value is -1.96. The summed E-state index contributed by atoms with van der Waals surface area (Å²) in [5.74, 6) is 0.591. The highest BCUT2D eigenvalue weighted by atomic mass is 15.1. The van der Waals surface area contributed by atoms with Crippen LogP contribution in [0.2, 0.25) is 0 Å². The first kappa shape index (κ1) is 14.4. The van der Waals surface area contributed by atoms with Crippen LogP contribution in [-0.4, -0.2) is 14.1 Å². The average Bonchev–Trinajstić information content (AvgIpc) is 2.46. The van der Waals surface area contributed by atoms with Crippen molar-refractivity contribution >= 4 is 11.4 Å². The number of nitrogens with zero attached hydrogens (tertiary/aromatic N) is 1. The van der Waals surface area contributed by atoms with Crippen LogP contribution in [0.25, 0.3) is 0 Å². The van der Waals surface area contributed by atoms with Crippen molar-refractivity contribution < 1.29 is 0 Å². The van der Waals surface area contributed by atoms with Gasteiger partial charge in [0.1, 0.15) is 0 Å². The Labute approximate surface area is 122 Å². The number of anilines is 2. The van der Waals surface area contributed by atoms with E-state index >= 15 is 0 Å². The Morgan fingerprint density at radius 2 is 1.70 bits per heavy atom. The molecule has 0 aliphatic heterocycles. The molecule has 0 heterocycles. The van der Waals surface area contributed by atoms with E-state index in [9.17, 15) is 0 Å². The molecule has 0 spiro atoms. The normalized spacial score (nSPS) is 10.7. The molecular formula is C18H24N2. The molecule has 0 aliphatic carbocycles. The lowest BCUT2D eigenvalue weighted by Gasteiger charge is -2.14. The van der Waals surface area contributed by atoms with E-state index in [4.69, 9.17) is 0 Å². The zero-order chi connectivity index (χ0) is 14.5. The molecule has 0 fully saturated rings. The molecule has 106 valence electrons. The molecule has 2 aromatic rings. The molecule has 20 heavy (non-hydrogen) atoms. The van der Waals surface area contributed by atoms with Gasteiger partial charge in [0, 0.05) is 32.0 Å². The van der Waals surface area contributed by atoms with Crippen molar-refractivity contribution in [1.29, 1.82) is 0 Å². The summed E-state index contributed by atoms with van der Waals surface area (Å²) in [4.78, 5) is 2.11. The first-order valence-corrected chi connectivity index (χ1v) is 7.16. The second-order valence-corrected chi connectivity index (χ2v) is 5.69. The van der Waals surface area contributed by atoms with Crippen LogP contribution in [0.15, 0.2) is 48.5 Å². The van der Waals surface area contributed by atoms with E-state index in [-0.39, 0.29) is 0 Å². The van der Waals surface area contributed by atoms with Crippen LogP contribution in [0.1, 0.15) is 30.9 Å². The van der Waals surface area contributed by atoms with Crippen molar-refractivity contribution in [1.82, 2.24) is 0 Å². The Kier molecular flexibility index (Phi) is 4.67. The Morgan fingerprint density at radius 1 is 1.00 bits per heavy atom. The van der Waals surface area contributed by atoms with Gasteiger partial charge in [0.15, 0.2) is 0 Å². The summed E-state index contributed by atoms with van der Waals surface area (Å²) in [7, 11) is 4.12. The van der Waals surface area contributed by atoms with Crippen LogP contribution < -0.4 is 10.2 Å². The molecule has 2 aromatic carbocycles. The van der Waals surface area contributed by atoms with Crippen molar-refractivity contribution in [3.8, 4) is 0 Å². The zero-order valence-electron chi connectivity index (χ0n) is 12.9. The fraction of sp³-hybridized carbons (Fsp3) is 0.333. The number of rotatable bonds is 5. The molecule has 0 aliphatic rings. The third-order valence-electron chi connectivity index (χ3n) is 3.51. The minimum Gasteiger partial charge on any atom is -0.381 e. The monoisotopic (exact) mass is 268 g/mol. The van der Waals surface area contributed by atoms with Crippen LogP contribution >= 0.6 is 0 Å². The maximum Gasteiger partial charge on any atom is 0.0400 e. The predicted molar refractivity (Wildman–Crippen MR) is 88.6 cm³/mol. The minimum absolute atomic E-state index is 0.591. The number of benzene rings is 2. The maximum atomic E-state index is 3.48. The van der Waals surface area contributed by atoms with Gasteiger partial charge in [-0.1, -0.05) is 44.2 Å². The van der Waals surface area contributed by atoms with E-state index in [1.165, 1.54) is 16.8 Å². The lowest BCUT2D eigenvalue weighted by Crippen LogP contribution is -2.09. The lowest BCUT2D eigenvalue weighted by molar-refractivity contribution is 0.865. The third-order valence-corrected chi connectivity index (χ3v) is 3.51. The van der Waals surface area contributed by atoms with Gasteiger partial charge >= 0.3 is 0 Å². The average molecular weight is 268 g/mol. The van der Waals surface area contributed by atoms with Gasteiger partial charge in [-0.25, -0.2) is 0 Å². The van der Waals surface area contributed by atoms with Crippen LogP contribution in [0.5, 0.6) is 0 Å². The predicted octanol–water partition coefficient (Wildman–Crippen LogP) is 4.49. The van der Waals surface area contributed by atoms with E-state index in [0.29, 0.717) is 5.92 Å². The fourth-order valence-electron chi connectivity index (χ4n) is 2.12. The number of hydrogen-bond donors (Lipinski definition) is 1. The molecular weight excluding hydrogens is 244 g/mol. The van der Waals surface area contributed by atoms with Gasteiger partial charge in [0.05, 0.1) is 0 Å². The van der Waals surface area contributed by atoms with Gasteiger partial charge in [-0.3, -0.25) is 0 Å². The maximum absolute atomic E-state index is 3.48. The molecule has 2 rings (SSSR count). The van der Waals surface area contributed by atoms with Gasteiger partial charge in [-0.15, -0.1) is 0 Å². The highest BCUT2D eigenvalue weighted by Crippen LogP contribution is 2.19. The zero-order valence-corrected chi connectivity index (χ0v) is 12.9. The Balaban J connectivity index is 1.99. The number of hydrogen-bond acceptors (Lipinski definition) is 2. The Bertz CT molecular complexity index is 542. The first-order valence-electron chi connectivity index (χ1n) is 7.16. The van der Waals surface area contributed by atoms with E-state index in [2.05, 4.69) is 86.7 Å². The van der Waals surface area contributed by atoms with Crippen LogP contribution in [0.4, 0.5) is 11.4 Å². The standard InChI is InChI=1S/C18H24N2/c1-14(2)16-10-8-15(9-11-16)13-19-17-6-5-7-18(12-17)20(3)4/h5-12,14,19H,13H2,1-4H3.